The minimum Gasteiger partial charge on any atom is -0.435 e. The summed E-state index contributed by atoms with van der Waals surface area (Å²) in [4.78, 5) is 32.6. The molecule has 3 aromatic rings. The van der Waals surface area contributed by atoms with E-state index in [1.54, 1.807) is 91.0 Å². The van der Waals surface area contributed by atoms with Crippen LogP contribution in [0.3, 0.4) is 0 Å². The fraction of sp³-hybridized carbons (Fsp3) is 0.125. The molecule has 0 saturated heterocycles. The average molecular weight is 456 g/mol. The van der Waals surface area contributed by atoms with E-state index in [-0.39, 0.29) is 0 Å². The predicted molar refractivity (Wildman–Crippen MR) is 117 cm³/mol. The molecule has 174 valence electrons. The third kappa shape index (κ3) is 11.2. The van der Waals surface area contributed by atoms with E-state index in [4.69, 9.17) is 15.3 Å². The molecular weight excluding hydrogens is 432 g/mol. The quantitative estimate of drug-likeness (QED) is 0.290. The number of ether oxygens (including phenoxy) is 3. The van der Waals surface area contributed by atoms with Crippen LogP contribution in [0.25, 0.3) is 0 Å². The summed E-state index contributed by atoms with van der Waals surface area (Å²) in [7, 11) is 0. The molecule has 0 amide bonds. The van der Waals surface area contributed by atoms with Crippen molar-refractivity contribution in [2.75, 3.05) is 20.4 Å². The zero-order valence-corrected chi connectivity index (χ0v) is 17.6. The average Bonchev–Trinajstić information content (AvgIpc) is 2.87. The molecule has 33 heavy (non-hydrogen) atoms. The van der Waals surface area contributed by atoms with Crippen LogP contribution in [0.2, 0.25) is 0 Å². The second-order valence-electron chi connectivity index (χ2n) is 5.78. The first-order valence-corrected chi connectivity index (χ1v) is 9.52. The molecule has 3 rings (SSSR count). The molecule has 0 saturated carbocycles. The van der Waals surface area contributed by atoms with Crippen molar-refractivity contribution in [2.45, 2.75) is 0 Å². The van der Waals surface area contributed by atoms with E-state index in [1.807, 2.05) is 0 Å². The van der Waals surface area contributed by atoms with E-state index >= 15 is 0 Å². The lowest BCUT2D eigenvalue weighted by atomic mass is 10.2. The van der Waals surface area contributed by atoms with Gasteiger partial charge in [-0.2, -0.15) is 0 Å². The number of rotatable bonds is 6. The number of aliphatic hydroxyl groups is 3. The smallest absolute Gasteiger partial charge is 0.340 e. The Labute approximate surface area is 190 Å². The van der Waals surface area contributed by atoms with Crippen molar-refractivity contribution >= 4 is 17.9 Å². The molecule has 3 N–H and O–H groups in total. The highest BCUT2D eigenvalue weighted by molar-refractivity contribution is 5.90. The molecule has 3 aromatic carbocycles. The van der Waals surface area contributed by atoms with Crippen LogP contribution in [0.4, 0.5) is 0 Å². The number of esters is 3. The molecule has 0 aliphatic carbocycles. The zero-order valence-electron chi connectivity index (χ0n) is 17.6. The van der Waals surface area contributed by atoms with Crippen molar-refractivity contribution in [1.82, 2.24) is 0 Å². The molecule has 0 bridgehead atoms. The molecule has 9 nitrogen and oxygen atoms in total. The minimum absolute atomic E-state index is 0.446. The van der Waals surface area contributed by atoms with Crippen LogP contribution >= 0.6 is 0 Å². The topological polar surface area (TPSA) is 140 Å². The maximum atomic E-state index is 10.9. The number of benzene rings is 3. The molecule has 0 aliphatic heterocycles. The van der Waals surface area contributed by atoms with Gasteiger partial charge in [-0.25, -0.2) is 14.4 Å². The van der Waals surface area contributed by atoms with Gasteiger partial charge in [0, 0.05) is 0 Å². The highest BCUT2D eigenvalue weighted by Crippen LogP contribution is 2.01. The fourth-order valence-electron chi connectivity index (χ4n) is 2.15. The molecular formula is C24H24O9. The third-order valence-corrected chi connectivity index (χ3v) is 3.62. The molecule has 0 atom stereocenters. The van der Waals surface area contributed by atoms with Crippen LogP contribution in [-0.4, -0.2) is 53.6 Å². The minimum atomic E-state index is -0.576. The molecule has 0 aliphatic rings. The highest BCUT2D eigenvalue weighted by atomic mass is 16.6. The normalized spacial score (nSPS) is 9.18. The van der Waals surface area contributed by atoms with E-state index < -0.39 is 38.3 Å². The Kier molecular flexibility index (Phi) is 13.6. The van der Waals surface area contributed by atoms with Crippen molar-refractivity contribution < 1.29 is 43.9 Å². The van der Waals surface area contributed by atoms with Crippen LogP contribution in [-0.2, 0) is 14.2 Å². The van der Waals surface area contributed by atoms with Gasteiger partial charge >= 0.3 is 17.9 Å². The summed E-state index contributed by atoms with van der Waals surface area (Å²) in [6, 6.07) is 25.5. The van der Waals surface area contributed by atoms with Gasteiger partial charge in [0.05, 0.1) is 16.7 Å². The summed E-state index contributed by atoms with van der Waals surface area (Å²) in [6.07, 6.45) is 0. The third-order valence-electron chi connectivity index (χ3n) is 3.62. The van der Waals surface area contributed by atoms with Crippen molar-refractivity contribution in [3.8, 4) is 0 Å². The van der Waals surface area contributed by atoms with E-state index in [1.165, 1.54) is 0 Å². The van der Waals surface area contributed by atoms with Gasteiger partial charge in [0.15, 0.2) is 20.4 Å². The molecule has 0 unspecified atom stereocenters. The molecule has 0 aromatic heterocycles. The Bertz CT molecular complexity index is 818. The highest BCUT2D eigenvalue weighted by Gasteiger charge is 2.04. The summed E-state index contributed by atoms with van der Waals surface area (Å²) >= 11 is 0. The van der Waals surface area contributed by atoms with Crippen molar-refractivity contribution in [3.05, 3.63) is 108 Å². The van der Waals surface area contributed by atoms with Crippen LogP contribution in [0, 0.1) is 0 Å². The Morgan fingerprint density at radius 1 is 0.455 bits per heavy atom. The van der Waals surface area contributed by atoms with Crippen LogP contribution in [0.1, 0.15) is 31.1 Å². The van der Waals surface area contributed by atoms with Crippen molar-refractivity contribution in [1.29, 1.82) is 0 Å². The van der Waals surface area contributed by atoms with Crippen molar-refractivity contribution in [2.24, 2.45) is 0 Å². The van der Waals surface area contributed by atoms with E-state index in [0.29, 0.717) is 16.7 Å². The number of hydrogen-bond donors (Lipinski definition) is 3. The summed E-state index contributed by atoms with van der Waals surface area (Å²) in [6.45, 7) is -1.73. The first kappa shape index (κ1) is 27.0. The van der Waals surface area contributed by atoms with Crippen LogP contribution in [0.15, 0.2) is 91.0 Å². The SMILES string of the molecule is O=C(OCO)c1ccccc1.O=C(OCO)c1ccccc1.O=C(OCO)c1ccccc1. The first-order chi connectivity index (χ1) is 16.0. The van der Waals surface area contributed by atoms with Crippen molar-refractivity contribution in [3.63, 3.8) is 0 Å². The van der Waals surface area contributed by atoms with Gasteiger partial charge in [0.25, 0.3) is 0 Å². The maximum Gasteiger partial charge on any atom is 0.340 e. The Morgan fingerprint density at radius 2 is 0.667 bits per heavy atom. The fourth-order valence-corrected chi connectivity index (χ4v) is 2.15. The molecule has 0 heterocycles. The van der Waals surface area contributed by atoms with E-state index in [2.05, 4.69) is 14.2 Å². The first-order valence-electron chi connectivity index (χ1n) is 9.52. The van der Waals surface area contributed by atoms with E-state index in [9.17, 15) is 14.4 Å². The number of aliphatic hydroxyl groups excluding tert-OH is 3. The lowest BCUT2D eigenvalue weighted by molar-refractivity contribution is 0.00570. The van der Waals surface area contributed by atoms with Gasteiger partial charge in [-0.15, -0.1) is 0 Å². The second kappa shape index (κ2) is 16.6. The van der Waals surface area contributed by atoms with Crippen LogP contribution < -0.4 is 0 Å². The van der Waals surface area contributed by atoms with Crippen LogP contribution in [0.5, 0.6) is 0 Å². The molecule has 0 fully saturated rings. The Hall–Kier alpha value is -4.05. The Morgan fingerprint density at radius 3 is 0.848 bits per heavy atom. The van der Waals surface area contributed by atoms with Gasteiger partial charge in [-0.3, -0.25) is 0 Å². The zero-order chi connectivity index (χ0) is 24.3. The molecule has 9 heteroatoms. The van der Waals surface area contributed by atoms with Gasteiger partial charge < -0.3 is 29.5 Å². The second-order valence-corrected chi connectivity index (χ2v) is 5.78. The summed E-state index contributed by atoms with van der Waals surface area (Å²) < 4.78 is 13.0. The summed E-state index contributed by atoms with van der Waals surface area (Å²) in [5.74, 6) is -1.52. The summed E-state index contributed by atoms with van der Waals surface area (Å²) in [5.41, 5.74) is 1.34. The predicted octanol–water partition coefficient (Wildman–Crippen LogP) is 2.38. The number of hydrogen-bond acceptors (Lipinski definition) is 9. The van der Waals surface area contributed by atoms with E-state index in [0.717, 1.165) is 0 Å². The van der Waals surface area contributed by atoms with Gasteiger partial charge in [-0.1, -0.05) is 54.6 Å². The maximum absolute atomic E-state index is 10.9. The monoisotopic (exact) mass is 456 g/mol. The van der Waals surface area contributed by atoms with Gasteiger partial charge in [0.2, 0.25) is 0 Å². The largest absolute Gasteiger partial charge is 0.435 e. The van der Waals surface area contributed by atoms with Gasteiger partial charge in [0.1, 0.15) is 0 Å². The molecule has 0 spiro atoms. The lowest BCUT2D eigenvalue weighted by Gasteiger charge is -1.98. The van der Waals surface area contributed by atoms with Gasteiger partial charge in [-0.05, 0) is 36.4 Å². The standard InChI is InChI=1S/3C8H8O3/c3*9-6-11-8(10)7-4-2-1-3-5-7/h3*1-5,9H,6H2. The number of carbonyl (C=O) groups excluding carboxylic acids is 3. The number of carbonyl (C=O) groups is 3. The summed E-state index contributed by atoms with van der Waals surface area (Å²) in [5, 5.41) is 24.8. The molecule has 0 radical (unpaired) electrons. The lowest BCUT2D eigenvalue weighted by Crippen LogP contribution is -2.04. The Balaban J connectivity index is 0.000000247.